The first-order chi connectivity index (χ1) is 17.1. The molecule has 0 aliphatic heterocycles. The number of aliphatic hydroxyl groups is 1. The predicted octanol–water partition coefficient (Wildman–Crippen LogP) is 3.76. The summed E-state index contributed by atoms with van der Waals surface area (Å²) in [4.78, 5) is 31.0. The highest BCUT2D eigenvalue weighted by molar-refractivity contribution is 5.98. The minimum atomic E-state index is -0.479. The van der Waals surface area contributed by atoms with E-state index >= 15 is 0 Å². The number of nitrogens with two attached hydrogens (primary N) is 1. The number of benzene rings is 2. The van der Waals surface area contributed by atoms with Gasteiger partial charge in [0.1, 0.15) is 0 Å². The number of fused-ring (bicyclic) bond motifs is 1. The molecule has 0 unspecified atom stereocenters. The molecule has 0 aliphatic rings. The third-order valence-corrected chi connectivity index (χ3v) is 5.63. The fraction of sp³-hybridized carbons (Fsp3) is 0.0741. The average molecular weight is 463 g/mol. The number of nitrogens with zero attached hydrogens (tertiary/aromatic N) is 4. The number of rotatable bonds is 6. The van der Waals surface area contributed by atoms with E-state index < -0.39 is 5.91 Å². The Morgan fingerprint density at radius 2 is 1.63 bits per heavy atom. The number of nitrogens with one attached hydrogen (secondary N) is 1. The van der Waals surface area contributed by atoms with Gasteiger partial charge in [-0.15, -0.1) is 0 Å². The standard InChI is InChI=1S/C27H22N6O2/c28-26-25(27(35)31-15-22-20(16-34)9-5-13-30-22)32-24(23(33-26)17-6-2-1-3-7-17)19-10-11-21-18(14-19)8-4-12-29-21/h1-14,34H,15-16H2,(H2,28,33)(H,31,35). The van der Waals surface area contributed by atoms with E-state index in [4.69, 9.17) is 10.7 Å². The Bertz CT molecular complexity index is 1520. The summed E-state index contributed by atoms with van der Waals surface area (Å²) < 4.78 is 0. The lowest BCUT2D eigenvalue weighted by atomic mass is 10.0. The Morgan fingerprint density at radius 1 is 0.857 bits per heavy atom. The predicted molar refractivity (Wildman–Crippen MR) is 134 cm³/mol. The zero-order valence-corrected chi connectivity index (χ0v) is 18.7. The molecular formula is C27H22N6O2. The van der Waals surface area contributed by atoms with Crippen LogP contribution < -0.4 is 11.1 Å². The molecule has 4 N–H and O–H groups in total. The summed E-state index contributed by atoms with van der Waals surface area (Å²) >= 11 is 0. The molecule has 0 spiro atoms. The Labute approximate surface area is 201 Å². The zero-order valence-electron chi connectivity index (χ0n) is 18.7. The van der Waals surface area contributed by atoms with Crippen molar-refractivity contribution in [3.63, 3.8) is 0 Å². The first-order valence-corrected chi connectivity index (χ1v) is 11.0. The minimum absolute atomic E-state index is 0.0208. The Balaban J connectivity index is 1.57. The quantitative estimate of drug-likeness (QED) is 0.351. The first kappa shape index (κ1) is 22.1. The van der Waals surface area contributed by atoms with Crippen LogP contribution in [0.3, 0.4) is 0 Å². The van der Waals surface area contributed by atoms with E-state index in [1.165, 1.54) is 0 Å². The van der Waals surface area contributed by atoms with Crippen LogP contribution in [0.5, 0.6) is 0 Å². The van der Waals surface area contributed by atoms with Crippen molar-refractivity contribution >= 4 is 22.6 Å². The summed E-state index contributed by atoms with van der Waals surface area (Å²) in [5, 5.41) is 13.3. The number of carbonyl (C=O) groups excluding carboxylic acids is 1. The Hall–Kier alpha value is -4.69. The molecule has 0 aliphatic carbocycles. The van der Waals surface area contributed by atoms with Gasteiger partial charge < -0.3 is 16.2 Å². The Morgan fingerprint density at radius 3 is 2.46 bits per heavy atom. The normalized spacial score (nSPS) is 10.9. The van der Waals surface area contributed by atoms with Crippen molar-refractivity contribution < 1.29 is 9.90 Å². The number of hydrogen-bond acceptors (Lipinski definition) is 7. The van der Waals surface area contributed by atoms with Crippen LogP contribution in [0.4, 0.5) is 5.82 Å². The maximum atomic E-state index is 13.1. The zero-order chi connectivity index (χ0) is 24.2. The van der Waals surface area contributed by atoms with E-state index in [1.54, 1.807) is 24.5 Å². The second-order valence-electron chi connectivity index (χ2n) is 7.88. The molecule has 0 fully saturated rings. The molecule has 2 aromatic carbocycles. The molecule has 8 nitrogen and oxygen atoms in total. The van der Waals surface area contributed by atoms with E-state index in [1.807, 2.05) is 60.7 Å². The van der Waals surface area contributed by atoms with Gasteiger partial charge in [-0.25, -0.2) is 9.97 Å². The summed E-state index contributed by atoms with van der Waals surface area (Å²) in [6.45, 7) is -0.0537. The van der Waals surface area contributed by atoms with Gasteiger partial charge in [-0.1, -0.05) is 48.5 Å². The third-order valence-electron chi connectivity index (χ3n) is 5.63. The molecule has 5 rings (SSSR count). The van der Waals surface area contributed by atoms with Crippen molar-refractivity contribution in [3.8, 4) is 22.5 Å². The van der Waals surface area contributed by atoms with Crippen LogP contribution in [0, 0.1) is 0 Å². The fourth-order valence-corrected chi connectivity index (χ4v) is 3.86. The van der Waals surface area contributed by atoms with Crippen molar-refractivity contribution in [2.24, 2.45) is 0 Å². The van der Waals surface area contributed by atoms with Crippen molar-refractivity contribution in [1.82, 2.24) is 25.3 Å². The van der Waals surface area contributed by atoms with Crippen LogP contribution in [-0.4, -0.2) is 30.9 Å². The molecule has 3 aromatic heterocycles. The van der Waals surface area contributed by atoms with Crippen LogP contribution >= 0.6 is 0 Å². The fourth-order valence-electron chi connectivity index (χ4n) is 3.86. The molecular weight excluding hydrogens is 440 g/mol. The van der Waals surface area contributed by atoms with Gasteiger partial charge in [0, 0.05) is 34.5 Å². The van der Waals surface area contributed by atoms with Gasteiger partial charge in [0.05, 0.1) is 35.8 Å². The van der Waals surface area contributed by atoms with Gasteiger partial charge in [0.2, 0.25) is 0 Å². The molecule has 5 aromatic rings. The highest BCUT2D eigenvalue weighted by Gasteiger charge is 2.20. The smallest absolute Gasteiger partial charge is 0.274 e. The van der Waals surface area contributed by atoms with Crippen molar-refractivity contribution in [2.45, 2.75) is 13.2 Å². The summed E-state index contributed by atoms with van der Waals surface area (Å²) in [6, 6.07) is 22.7. The molecule has 3 heterocycles. The number of carbonyl (C=O) groups is 1. The van der Waals surface area contributed by atoms with Gasteiger partial charge in [-0.05, 0) is 24.3 Å². The van der Waals surface area contributed by atoms with Crippen LogP contribution in [0.15, 0.2) is 85.2 Å². The minimum Gasteiger partial charge on any atom is -0.392 e. The molecule has 0 saturated carbocycles. The molecule has 0 radical (unpaired) electrons. The lowest BCUT2D eigenvalue weighted by Gasteiger charge is -2.14. The SMILES string of the molecule is Nc1nc(-c2ccccc2)c(-c2ccc3ncccc3c2)nc1C(=O)NCc1ncccc1CO. The Kier molecular flexibility index (Phi) is 6.11. The van der Waals surface area contributed by atoms with Gasteiger partial charge in [-0.3, -0.25) is 14.8 Å². The van der Waals surface area contributed by atoms with Gasteiger partial charge in [0.25, 0.3) is 5.91 Å². The van der Waals surface area contributed by atoms with Crippen LogP contribution in [0.25, 0.3) is 33.4 Å². The number of amides is 1. The van der Waals surface area contributed by atoms with E-state index in [-0.39, 0.29) is 24.7 Å². The maximum absolute atomic E-state index is 13.1. The number of aliphatic hydroxyl groups excluding tert-OH is 1. The lowest BCUT2D eigenvalue weighted by molar-refractivity contribution is 0.0946. The molecule has 8 heteroatoms. The summed E-state index contributed by atoms with van der Waals surface area (Å²) in [5.41, 5.74) is 11.0. The summed E-state index contributed by atoms with van der Waals surface area (Å²) in [7, 11) is 0. The van der Waals surface area contributed by atoms with Gasteiger partial charge in [-0.2, -0.15) is 0 Å². The molecule has 1 amide bonds. The van der Waals surface area contributed by atoms with Gasteiger partial charge in [0.15, 0.2) is 11.5 Å². The van der Waals surface area contributed by atoms with E-state index in [0.717, 1.165) is 22.0 Å². The monoisotopic (exact) mass is 462 g/mol. The maximum Gasteiger partial charge on any atom is 0.274 e. The largest absolute Gasteiger partial charge is 0.392 e. The number of aromatic nitrogens is 4. The number of hydrogen-bond donors (Lipinski definition) is 3. The topological polar surface area (TPSA) is 127 Å². The highest BCUT2D eigenvalue weighted by Crippen LogP contribution is 2.32. The second-order valence-corrected chi connectivity index (χ2v) is 7.88. The van der Waals surface area contributed by atoms with E-state index in [0.29, 0.717) is 22.6 Å². The van der Waals surface area contributed by atoms with Crippen LogP contribution in [0.2, 0.25) is 0 Å². The highest BCUT2D eigenvalue weighted by atomic mass is 16.3. The van der Waals surface area contributed by atoms with E-state index in [2.05, 4.69) is 20.3 Å². The van der Waals surface area contributed by atoms with Crippen molar-refractivity contribution in [2.75, 3.05) is 5.73 Å². The van der Waals surface area contributed by atoms with Crippen LogP contribution in [0.1, 0.15) is 21.7 Å². The lowest BCUT2D eigenvalue weighted by Crippen LogP contribution is -2.26. The molecule has 0 saturated heterocycles. The third kappa shape index (κ3) is 4.55. The van der Waals surface area contributed by atoms with E-state index in [9.17, 15) is 9.90 Å². The summed E-state index contributed by atoms with van der Waals surface area (Å²) in [6.07, 6.45) is 3.35. The molecule has 0 bridgehead atoms. The van der Waals surface area contributed by atoms with Crippen molar-refractivity contribution in [1.29, 1.82) is 0 Å². The first-order valence-electron chi connectivity index (χ1n) is 11.0. The number of nitrogen functional groups attached to an aromatic ring is 1. The second kappa shape index (κ2) is 9.66. The summed E-state index contributed by atoms with van der Waals surface area (Å²) in [5.74, 6) is -0.455. The number of pyridine rings is 2. The molecule has 172 valence electrons. The van der Waals surface area contributed by atoms with Crippen LogP contribution in [-0.2, 0) is 13.2 Å². The number of anilines is 1. The van der Waals surface area contributed by atoms with Crippen molar-refractivity contribution in [3.05, 3.63) is 102 Å². The molecule has 35 heavy (non-hydrogen) atoms. The molecule has 0 atom stereocenters. The van der Waals surface area contributed by atoms with Gasteiger partial charge >= 0.3 is 0 Å². The average Bonchev–Trinajstić information content (AvgIpc) is 2.92.